The number of benzene rings is 2. The Hall–Kier alpha value is -3.43. The SMILES string of the molecule is O=C(O)Cc1ccc(NC(=O)C2C[C@@]3(O)[C@H]4Cc5ccc(O)c6c5[C@@]3(CCN4CC3CC3)[C@@H](O6)C2=O)cc1. The molecule has 5 atom stereocenters. The van der Waals surface area contributed by atoms with Crippen LogP contribution in [0.2, 0.25) is 0 Å². The van der Waals surface area contributed by atoms with Crippen LogP contribution < -0.4 is 10.1 Å². The summed E-state index contributed by atoms with van der Waals surface area (Å²) in [6, 6.07) is 9.68. The van der Waals surface area contributed by atoms with Crippen molar-refractivity contribution < 1.29 is 34.4 Å². The third-order valence-corrected chi connectivity index (χ3v) is 9.52. The van der Waals surface area contributed by atoms with Crippen molar-refractivity contribution in [2.45, 2.75) is 61.7 Å². The highest BCUT2D eigenvalue weighted by Gasteiger charge is 2.75. The van der Waals surface area contributed by atoms with Crippen molar-refractivity contribution in [2.24, 2.45) is 11.8 Å². The first-order valence-electron chi connectivity index (χ1n) is 13.3. The number of ketones is 1. The minimum absolute atomic E-state index is 0.0189. The Kier molecular flexibility index (Phi) is 5.01. The number of carbonyl (C=O) groups is 3. The standard InChI is InChI=1S/C29H30N2O7/c32-20-8-5-17-12-21-29(37)13-19(27(36)30-18-6-3-15(4-7-18)11-22(33)34)24(35)26-28(29,23(17)25(20)38-26)9-10-31(21)14-16-1-2-16/h3-8,16,19,21,26,32,37H,1-2,9-14H2,(H,30,36)(H,33,34)/t19?,21-,26+,28+,29-/m1/s1. The van der Waals surface area contributed by atoms with Crippen LogP contribution in [0.15, 0.2) is 36.4 Å². The van der Waals surface area contributed by atoms with Gasteiger partial charge in [-0.3, -0.25) is 19.3 Å². The summed E-state index contributed by atoms with van der Waals surface area (Å²) in [7, 11) is 0. The van der Waals surface area contributed by atoms with Gasteiger partial charge in [-0.2, -0.15) is 0 Å². The number of ether oxygens (including phenoxy) is 1. The molecule has 7 rings (SSSR count). The molecule has 9 nitrogen and oxygen atoms in total. The molecule has 9 heteroatoms. The van der Waals surface area contributed by atoms with E-state index in [0.717, 1.165) is 24.2 Å². The molecule has 0 aromatic heterocycles. The molecule has 2 aliphatic heterocycles. The Morgan fingerprint density at radius 2 is 1.89 bits per heavy atom. The molecular formula is C29H30N2O7. The fourth-order valence-electron chi connectivity index (χ4n) is 7.63. The predicted octanol–water partition coefficient (Wildman–Crippen LogP) is 2.02. The predicted molar refractivity (Wildman–Crippen MR) is 135 cm³/mol. The number of carbonyl (C=O) groups excluding carboxylic acids is 2. The van der Waals surface area contributed by atoms with Crippen LogP contribution >= 0.6 is 0 Å². The normalized spacial score (nSPS) is 32.9. The summed E-state index contributed by atoms with van der Waals surface area (Å²) >= 11 is 0. The number of aliphatic carboxylic acids is 1. The molecule has 5 aliphatic rings. The van der Waals surface area contributed by atoms with Gasteiger partial charge >= 0.3 is 5.97 Å². The Morgan fingerprint density at radius 3 is 2.61 bits per heavy atom. The van der Waals surface area contributed by atoms with Crippen molar-refractivity contribution in [3.63, 3.8) is 0 Å². The quantitative estimate of drug-likeness (QED) is 0.427. The van der Waals surface area contributed by atoms with Gasteiger partial charge in [-0.15, -0.1) is 0 Å². The summed E-state index contributed by atoms with van der Waals surface area (Å²) in [6.45, 7) is 1.62. The van der Waals surface area contributed by atoms with Gasteiger partial charge in [0.05, 0.1) is 17.4 Å². The maximum absolute atomic E-state index is 13.9. The lowest BCUT2D eigenvalue weighted by atomic mass is 9.47. The van der Waals surface area contributed by atoms with Crippen LogP contribution in [0.4, 0.5) is 5.69 Å². The van der Waals surface area contributed by atoms with Gasteiger partial charge in [0.15, 0.2) is 23.4 Å². The van der Waals surface area contributed by atoms with Crippen molar-refractivity contribution in [3.8, 4) is 11.5 Å². The van der Waals surface area contributed by atoms with E-state index in [4.69, 9.17) is 9.84 Å². The number of nitrogens with one attached hydrogen (secondary N) is 1. The highest BCUT2D eigenvalue weighted by Crippen LogP contribution is 2.65. The second-order valence-electron chi connectivity index (χ2n) is 11.7. The highest BCUT2D eigenvalue weighted by atomic mass is 16.5. The van der Waals surface area contributed by atoms with Crippen molar-refractivity contribution in [1.29, 1.82) is 0 Å². The monoisotopic (exact) mass is 518 g/mol. The Morgan fingerprint density at radius 1 is 1.13 bits per heavy atom. The number of likely N-dealkylation sites (tertiary alicyclic amines) is 1. The van der Waals surface area contributed by atoms with E-state index in [-0.39, 0.29) is 36.2 Å². The molecule has 2 bridgehead atoms. The molecule has 2 saturated carbocycles. The molecule has 38 heavy (non-hydrogen) atoms. The van der Waals surface area contributed by atoms with Crippen LogP contribution in [0.25, 0.3) is 0 Å². The first-order valence-corrected chi connectivity index (χ1v) is 13.3. The molecule has 0 radical (unpaired) electrons. The summed E-state index contributed by atoms with van der Waals surface area (Å²) in [5, 5.41) is 35.1. The molecule has 1 unspecified atom stereocenters. The van der Waals surface area contributed by atoms with Gasteiger partial charge in [0, 0.05) is 23.8 Å². The van der Waals surface area contributed by atoms with Crippen molar-refractivity contribution in [1.82, 2.24) is 4.90 Å². The third kappa shape index (κ3) is 3.21. The lowest BCUT2D eigenvalue weighted by Crippen LogP contribution is -2.78. The second kappa shape index (κ2) is 8.04. The van der Waals surface area contributed by atoms with Gasteiger partial charge in [0.25, 0.3) is 0 Å². The van der Waals surface area contributed by atoms with Crippen LogP contribution in [0, 0.1) is 11.8 Å². The first kappa shape index (κ1) is 23.7. The van der Waals surface area contributed by atoms with E-state index in [2.05, 4.69) is 10.2 Å². The summed E-state index contributed by atoms with van der Waals surface area (Å²) in [4.78, 5) is 40.8. The molecule has 1 saturated heterocycles. The van der Waals surface area contributed by atoms with Gasteiger partial charge in [-0.05, 0) is 73.9 Å². The average Bonchev–Trinajstić information content (AvgIpc) is 3.62. The minimum Gasteiger partial charge on any atom is -0.504 e. The zero-order valence-electron chi connectivity index (χ0n) is 20.9. The number of hydrogen-bond donors (Lipinski definition) is 4. The van der Waals surface area contributed by atoms with Crippen LogP contribution in [-0.4, -0.2) is 68.7 Å². The summed E-state index contributed by atoms with van der Waals surface area (Å²) in [5.74, 6) is -2.14. The number of aromatic hydroxyl groups is 1. The number of phenols is 1. The number of phenolic OH excluding ortho intramolecular Hbond substituents is 1. The van der Waals surface area contributed by atoms with Gasteiger partial charge < -0.3 is 25.4 Å². The van der Waals surface area contributed by atoms with E-state index < -0.39 is 34.9 Å². The molecule has 198 valence electrons. The molecule has 1 amide bonds. The molecule has 3 aliphatic carbocycles. The molecule has 2 aromatic rings. The van der Waals surface area contributed by atoms with Crippen LogP contribution in [0.3, 0.4) is 0 Å². The van der Waals surface area contributed by atoms with E-state index in [1.165, 1.54) is 12.8 Å². The van der Waals surface area contributed by atoms with E-state index in [0.29, 0.717) is 30.0 Å². The molecular weight excluding hydrogens is 488 g/mol. The number of nitrogens with zero attached hydrogens (tertiary/aromatic N) is 1. The zero-order valence-corrected chi connectivity index (χ0v) is 20.9. The highest BCUT2D eigenvalue weighted by molar-refractivity contribution is 6.10. The largest absolute Gasteiger partial charge is 0.504 e. The number of carboxylic acids is 1. The van der Waals surface area contributed by atoms with E-state index in [9.17, 15) is 24.6 Å². The number of Topliss-reactive ketones (excluding diaryl/α,β-unsaturated/α-hetero) is 1. The van der Waals surface area contributed by atoms with Gasteiger partial charge in [0.1, 0.15) is 5.92 Å². The topological polar surface area (TPSA) is 136 Å². The molecule has 2 heterocycles. The van der Waals surface area contributed by atoms with Gasteiger partial charge in [-0.1, -0.05) is 18.2 Å². The number of amides is 1. The minimum atomic E-state index is -1.38. The Bertz CT molecular complexity index is 1370. The number of piperidine rings is 1. The van der Waals surface area contributed by atoms with Crippen molar-refractivity contribution in [2.75, 3.05) is 18.4 Å². The lowest BCUT2D eigenvalue weighted by molar-refractivity contribution is -0.197. The van der Waals surface area contributed by atoms with Crippen molar-refractivity contribution >= 4 is 23.3 Å². The molecule has 4 N–H and O–H groups in total. The summed E-state index contributed by atoms with van der Waals surface area (Å²) in [6.07, 6.45) is 2.25. The fraction of sp³-hybridized carbons (Fsp3) is 0.483. The number of anilines is 1. The Labute approximate surface area is 219 Å². The fourth-order valence-corrected chi connectivity index (χ4v) is 7.63. The maximum atomic E-state index is 13.9. The molecule has 3 fully saturated rings. The average molecular weight is 519 g/mol. The van der Waals surface area contributed by atoms with Gasteiger partial charge in [0.2, 0.25) is 5.91 Å². The third-order valence-electron chi connectivity index (χ3n) is 9.52. The van der Waals surface area contributed by atoms with Crippen LogP contribution in [0.5, 0.6) is 11.5 Å². The van der Waals surface area contributed by atoms with E-state index in [1.54, 1.807) is 30.3 Å². The Balaban J connectivity index is 1.25. The van der Waals surface area contributed by atoms with Crippen LogP contribution in [0.1, 0.15) is 42.4 Å². The zero-order chi connectivity index (χ0) is 26.4. The number of carboxylic acid groups (broad SMARTS) is 1. The van der Waals surface area contributed by atoms with Crippen LogP contribution in [-0.2, 0) is 32.6 Å². The maximum Gasteiger partial charge on any atom is 0.307 e. The number of hydrogen-bond acceptors (Lipinski definition) is 7. The van der Waals surface area contributed by atoms with Crippen molar-refractivity contribution in [3.05, 3.63) is 53.1 Å². The molecule has 2 aromatic carbocycles. The summed E-state index contributed by atoms with van der Waals surface area (Å²) < 4.78 is 6.19. The van der Waals surface area contributed by atoms with E-state index >= 15 is 0 Å². The summed E-state index contributed by atoms with van der Waals surface area (Å²) in [5.41, 5.74) is 0.406. The number of aliphatic hydroxyl groups is 1. The number of rotatable bonds is 6. The smallest absolute Gasteiger partial charge is 0.307 e. The van der Waals surface area contributed by atoms with E-state index in [1.807, 2.05) is 6.07 Å². The lowest BCUT2D eigenvalue weighted by Gasteiger charge is -2.63. The second-order valence-corrected chi connectivity index (χ2v) is 11.7. The van der Waals surface area contributed by atoms with Gasteiger partial charge in [-0.25, -0.2) is 0 Å². The first-order chi connectivity index (χ1) is 18.2. The molecule has 1 spiro atoms.